The van der Waals surface area contributed by atoms with Gasteiger partial charge in [-0.2, -0.15) is 0 Å². The molecule has 1 atom stereocenters. The van der Waals surface area contributed by atoms with E-state index >= 15 is 0 Å². The molecule has 3 aliphatic rings. The Morgan fingerprint density at radius 2 is 1.81 bits per heavy atom. The Balaban J connectivity index is 1.38. The minimum absolute atomic E-state index is 0.0320. The van der Waals surface area contributed by atoms with Crippen LogP contribution in [-0.4, -0.2) is 38.9 Å². The van der Waals surface area contributed by atoms with Crippen LogP contribution in [0.1, 0.15) is 54.0 Å². The number of hydrogen-bond donors (Lipinski definition) is 1. The molecule has 0 unspecified atom stereocenters. The lowest BCUT2D eigenvalue weighted by Crippen LogP contribution is -2.42. The highest BCUT2D eigenvalue weighted by Crippen LogP contribution is 2.49. The van der Waals surface area contributed by atoms with E-state index in [4.69, 9.17) is 0 Å². The molecule has 0 bridgehead atoms. The molecule has 1 amide bonds. The first kappa shape index (κ1) is 20.5. The van der Waals surface area contributed by atoms with Gasteiger partial charge in [-0.15, -0.1) is 0 Å². The van der Waals surface area contributed by atoms with Crippen LogP contribution in [0, 0.1) is 0 Å². The van der Waals surface area contributed by atoms with Crippen molar-refractivity contribution in [2.75, 3.05) is 19.6 Å². The van der Waals surface area contributed by atoms with E-state index in [0.717, 1.165) is 54.7 Å². The predicted octanol–water partition coefficient (Wildman–Crippen LogP) is 3.57. The molecule has 1 saturated heterocycles. The number of likely N-dealkylation sites (tertiary alicyclic amines) is 1. The molecule has 162 valence electrons. The van der Waals surface area contributed by atoms with Crippen molar-refractivity contribution in [2.45, 2.75) is 42.9 Å². The van der Waals surface area contributed by atoms with Gasteiger partial charge in [-0.1, -0.05) is 48.5 Å². The van der Waals surface area contributed by atoms with Gasteiger partial charge >= 0.3 is 0 Å². The van der Waals surface area contributed by atoms with Gasteiger partial charge in [0.15, 0.2) is 9.84 Å². The van der Waals surface area contributed by atoms with Gasteiger partial charge in [0.25, 0.3) is 0 Å². The van der Waals surface area contributed by atoms with Crippen LogP contribution in [0.2, 0.25) is 0 Å². The Labute approximate surface area is 184 Å². The van der Waals surface area contributed by atoms with E-state index in [2.05, 4.69) is 22.3 Å². The summed E-state index contributed by atoms with van der Waals surface area (Å²) in [5, 5.41) is 4.64. The number of benzene rings is 2. The molecule has 0 aromatic heterocycles. The second-order valence-electron chi connectivity index (χ2n) is 9.05. The molecule has 1 N–H and O–H groups in total. The Kier molecular flexibility index (Phi) is 5.22. The van der Waals surface area contributed by atoms with Crippen LogP contribution >= 0.6 is 0 Å². The zero-order chi connectivity index (χ0) is 21.5. The summed E-state index contributed by atoms with van der Waals surface area (Å²) in [6.07, 6.45) is 5.75. The first-order valence-electron chi connectivity index (χ1n) is 11.1. The zero-order valence-electron chi connectivity index (χ0n) is 17.6. The first-order valence-corrected chi connectivity index (χ1v) is 12.8. The first-order chi connectivity index (χ1) is 15.0. The molecule has 2 aromatic rings. The monoisotopic (exact) mass is 436 g/mol. The molecular weight excluding hydrogens is 408 g/mol. The molecule has 6 heteroatoms. The molecule has 2 heterocycles. The molecule has 5 nitrogen and oxygen atoms in total. The Morgan fingerprint density at radius 3 is 2.52 bits per heavy atom. The van der Waals surface area contributed by atoms with Gasteiger partial charge in [0.2, 0.25) is 5.91 Å². The second-order valence-corrected chi connectivity index (χ2v) is 10.9. The lowest BCUT2D eigenvalue weighted by molar-refractivity contribution is -0.124. The fourth-order valence-electron chi connectivity index (χ4n) is 4.83. The Hall–Kier alpha value is -2.44. The third kappa shape index (κ3) is 4.19. The van der Waals surface area contributed by atoms with Crippen molar-refractivity contribution in [1.29, 1.82) is 0 Å². The van der Waals surface area contributed by atoms with E-state index < -0.39 is 15.3 Å². The van der Waals surface area contributed by atoms with E-state index in [1.807, 2.05) is 36.4 Å². The molecule has 0 radical (unpaired) electrons. The van der Waals surface area contributed by atoms with Crippen molar-refractivity contribution in [3.8, 4) is 0 Å². The smallest absolute Gasteiger partial charge is 0.231 e. The van der Waals surface area contributed by atoms with Crippen molar-refractivity contribution in [2.24, 2.45) is 0 Å². The molecule has 2 fully saturated rings. The SMILES string of the molecule is O=C(N[C@H](CN1CCCC1)c1ccccc1)C1(c2ccc3c(c2)C=CS(=O)(=O)C3)CC1. The Morgan fingerprint density at radius 1 is 1.06 bits per heavy atom. The lowest BCUT2D eigenvalue weighted by Gasteiger charge is -2.27. The topological polar surface area (TPSA) is 66.5 Å². The highest BCUT2D eigenvalue weighted by Gasteiger charge is 2.52. The average molecular weight is 437 g/mol. The normalized spacial score (nSPS) is 21.9. The summed E-state index contributed by atoms with van der Waals surface area (Å²) < 4.78 is 23.7. The van der Waals surface area contributed by atoms with Crippen LogP contribution in [0.5, 0.6) is 0 Å². The summed E-state index contributed by atoms with van der Waals surface area (Å²) in [6.45, 7) is 3.01. The number of rotatable bonds is 6. The van der Waals surface area contributed by atoms with E-state index in [1.54, 1.807) is 6.08 Å². The lowest BCUT2D eigenvalue weighted by atomic mass is 9.91. The van der Waals surface area contributed by atoms with E-state index in [-0.39, 0.29) is 17.7 Å². The molecule has 2 aromatic carbocycles. The predicted molar refractivity (Wildman–Crippen MR) is 122 cm³/mol. The number of amides is 1. The number of nitrogens with zero attached hydrogens (tertiary/aromatic N) is 1. The highest BCUT2D eigenvalue weighted by molar-refractivity contribution is 7.93. The van der Waals surface area contributed by atoms with Gasteiger partial charge in [0.1, 0.15) is 0 Å². The summed E-state index contributed by atoms with van der Waals surface area (Å²) in [5.74, 6) is 0.109. The maximum atomic E-state index is 13.5. The maximum absolute atomic E-state index is 13.5. The minimum atomic E-state index is -3.17. The van der Waals surface area contributed by atoms with Gasteiger partial charge < -0.3 is 10.2 Å². The third-order valence-electron chi connectivity index (χ3n) is 6.84. The standard InChI is InChI=1S/C25H28N2O3S/c28-24(26-23(17-27-13-4-5-14-27)19-6-2-1-3-7-19)25(11-12-25)22-9-8-21-18-31(29,30)15-10-20(21)16-22/h1-3,6-10,15-16,23H,4-5,11-14,17-18H2,(H,26,28)/t23-/m1/s1. The number of hydrogen-bond acceptors (Lipinski definition) is 4. The van der Waals surface area contributed by atoms with Crippen molar-refractivity contribution >= 4 is 21.8 Å². The molecule has 5 rings (SSSR count). The third-order valence-corrected chi connectivity index (χ3v) is 8.11. The quantitative estimate of drug-likeness (QED) is 0.752. The summed E-state index contributed by atoms with van der Waals surface area (Å²) in [6, 6.07) is 16.0. The van der Waals surface area contributed by atoms with Gasteiger partial charge in [-0.3, -0.25) is 4.79 Å². The number of fused-ring (bicyclic) bond motifs is 1. The van der Waals surface area contributed by atoms with Gasteiger partial charge in [0, 0.05) is 12.0 Å². The summed E-state index contributed by atoms with van der Waals surface area (Å²) >= 11 is 0. The van der Waals surface area contributed by atoms with Crippen molar-refractivity contribution < 1.29 is 13.2 Å². The number of sulfone groups is 1. The number of carbonyl (C=O) groups is 1. The van der Waals surface area contributed by atoms with Crippen LogP contribution in [-0.2, 0) is 25.8 Å². The fourth-order valence-corrected chi connectivity index (χ4v) is 5.98. The molecule has 1 aliphatic carbocycles. The average Bonchev–Trinajstić information content (AvgIpc) is 3.43. The molecular formula is C25H28N2O3S. The number of carbonyl (C=O) groups excluding carboxylic acids is 1. The van der Waals surface area contributed by atoms with E-state index in [0.29, 0.717) is 0 Å². The molecule has 2 aliphatic heterocycles. The van der Waals surface area contributed by atoms with Crippen molar-refractivity contribution in [1.82, 2.24) is 10.2 Å². The largest absolute Gasteiger partial charge is 0.347 e. The van der Waals surface area contributed by atoms with Crippen molar-refractivity contribution in [3.05, 3.63) is 76.2 Å². The number of nitrogens with one attached hydrogen (secondary N) is 1. The second kappa shape index (κ2) is 7.92. The zero-order valence-corrected chi connectivity index (χ0v) is 18.4. The van der Waals surface area contributed by atoms with Crippen LogP contribution < -0.4 is 5.32 Å². The molecule has 0 spiro atoms. The van der Waals surface area contributed by atoms with Crippen LogP contribution in [0.25, 0.3) is 6.08 Å². The van der Waals surface area contributed by atoms with Crippen LogP contribution in [0.4, 0.5) is 0 Å². The summed E-state index contributed by atoms with van der Waals surface area (Å²) in [5.41, 5.74) is 3.33. The van der Waals surface area contributed by atoms with Gasteiger partial charge in [-0.05, 0) is 67.1 Å². The van der Waals surface area contributed by atoms with Crippen LogP contribution in [0.3, 0.4) is 0 Å². The van der Waals surface area contributed by atoms with E-state index in [1.165, 1.54) is 18.2 Å². The molecule has 1 saturated carbocycles. The van der Waals surface area contributed by atoms with Crippen molar-refractivity contribution in [3.63, 3.8) is 0 Å². The molecule has 31 heavy (non-hydrogen) atoms. The fraction of sp³-hybridized carbons (Fsp3) is 0.400. The highest BCUT2D eigenvalue weighted by atomic mass is 32.2. The van der Waals surface area contributed by atoms with Gasteiger partial charge in [-0.25, -0.2) is 8.42 Å². The summed E-state index contributed by atoms with van der Waals surface area (Å²) in [7, 11) is -3.17. The maximum Gasteiger partial charge on any atom is 0.231 e. The minimum Gasteiger partial charge on any atom is -0.347 e. The Bertz CT molecular complexity index is 1110. The van der Waals surface area contributed by atoms with Crippen LogP contribution in [0.15, 0.2) is 53.9 Å². The van der Waals surface area contributed by atoms with E-state index in [9.17, 15) is 13.2 Å². The van der Waals surface area contributed by atoms with Gasteiger partial charge in [0.05, 0.1) is 17.2 Å². The summed E-state index contributed by atoms with van der Waals surface area (Å²) in [4.78, 5) is 15.9.